The van der Waals surface area contributed by atoms with Crippen molar-refractivity contribution in [3.63, 3.8) is 0 Å². The van der Waals surface area contributed by atoms with E-state index in [0.717, 1.165) is 5.37 Å². The highest BCUT2D eigenvalue weighted by molar-refractivity contribution is 8.36. The van der Waals surface area contributed by atoms with Crippen LogP contribution in [0.1, 0.15) is 20.8 Å². The molecule has 0 saturated heterocycles. The van der Waals surface area contributed by atoms with E-state index in [1.807, 2.05) is 11.9 Å². The summed E-state index contributed by atoms with van der Waals surface area (Å²) in [4.78, 5) is 52.6. The summed E-state index contributed by atoms with van der Waals surface area (Å²) in [5, 5.41) is 5.99. The lowest BCUT2D eigenvalue weighted by Gasteiger charge is -2.14. The van der Waals surface area contributed by atoms with E-state index in [-0.39, 0.29) is 16.9 Å². The van der Waals surface area contributed by atoms with Crippen molar-refractivity contribution in [1.29, 1.82) is 0 Å². The van der Waals surface area contributed by atoms with Crippen LogP contribution in [0.4, 0.5) is 10.8 Å². The number of likely N-dealkylation sites (N-methyl/N-ethyl adjacent to an activating group) is 1. The van der Waals surface area contributed by atoms with Crippen LogP contribution < -0.4 is 10.2 Å². The molecule has 0 radical (unpaired) electrons. The molecule has 1 amide bonds. The van der Waals surface area contributed by atoms with Crippen LogP contribution in [0.2, 0.25) is 0 Å². The average molecular weight is 422 g/mol. The normalized spacial score (nSPS) is 10.4. The van der Waals surface area contributed by atoms with E-state index in [4.69, 9.17) is 4.74 Å². The Morgan fingerprint density at radius 3 is 2.68 bits per heavy atom. The number of nitrogens with one attached hydrogen (secondary N) is 1. The average Bonchev–Trinajstić information content (AvgIpc) is 3.21. The molecule has 0 atom stereocenters. The molecule has 0 bridgehead atoms. The van der Waals surface area contributed by atoms with Crippen molar-refractivity contribution in [2.45, 2.75) is 0 Å². The maximum atomic E-state index is 12.5. The number of nitrogens with zero attached hydrogens (tertiary/aromatic N) is 2. The zero-order chi connectivity index (χ0) is 20.5. The number of aromatic nitrogens is 1. The number of carbonyl (C=O) groups is 4. The van der Waals surface area contributed by atoms with Gasteiger partial charge in [-0.1, -0.05) is 22.6 Å². The van der Waals surface area contributed by atoms with Crippen LogP contribution in [0.5, 0.6) is 0 Å². The number of Topliss-reactive ketones (excluding diaryl/α,β-unsaturated/α-hetero) is 1. The van der Waals surface area contributed by atoms with E-state index in [2.05, 4.69) is 10.3 Å². The van der Waals surface area contributed by atoms with E-state index >= 15 is 0 Å². The van der Waals surface area contributed by atoms with E-state index in [1.165, 1.54) is 17.4 Å². The Morgan fingerprint density at radius 2 is 2.00 bits per heavy atom. The highest BCUT2D eigenvalue weighted by Gasteiger charge is 2.16. The SMILES string of the molecule is COCCN(C)c1nc(C(=O)Nc2ccccc2C(=O)C=S(C=O)C=O)cs1. The summed E-state index contributed by atoms with van der Waals surface area (Å²) in [7, 11) is 2.05. The molecule has 0 fully saturated rings. The van der Waals surface area contributed by atoms with Gasteiger partial charge in [-0.05, 0) is 12.1 Å². The molecule has 1 heterocycles. The molecule has 8 nitrogen and oxygen atoms in total. The van der Waals surface area contributed by atoms with Gasteiger partial charge in [0.25, 0.3) is 5.91 Å². The van der Waals surface area contributed by atoms with E-state index in [9.17, 15) is 19.2 Å². The number of benzene rings is 1. The van der Waals surface area contributed by atoms with Crippen molar-refractivity contribution in [2.75, 3.05) is 37.5 Å². The van der Waals surface area contributed by atoms with Crippen LogP contribution in [-0.4, -0.2) is 60.6 Å². The Morgan fingerprint density at radius 1 is 1.29 bits per heavy atom. The first-order chi connectivity index (χ1) is 13.5. The van der Waals surface area contributed by atoms with Crippen LogP contribution in [0.25, 0.3) is 0 Å². The lowest BCUT2D eigenvalue weighted by Crippen LogP contribution is -2.22. The van der Waals surface area contributed by atoms with Crippen molar-refractivity contribution in [1.82, 2.24) is 4.98 Å². The zero-order valence-electron chi connectivity index (χ0n) is 15.3. The molecule has 2 rings (SSSR count). The predicted octanol–water partition coefficient (Wildman–Crippen LogP) is 2.11. The molecule has 0 aliphatic rings. The van der Waals surface area contributed by atoms with Crippen molar-refractivity contribution in [2.24, 2.45) is 0 Å². The van der Waals surface area contributed by atoms with Gasteiger partial charge in [0, 0.05) is 37.0 Å². The van der Waals surface area contributed by atoms with Crippen molar-refractivity contribution in [3.8, 4) is 0 Å². The summed E-state index contributed by atoms with van der Waals surface area (Å²) in [6.45, 7) is 1.17. The molecule has 148 valence electrons. The standard InChI is InChI=1S/C18H19N3O5S2/c1-21(7-8-26-2)18-20-15(9-27-18)17(25)19-14-6-4-3-5-13(14)16(24)10-28(11-22)12-23/h3-6,9-12H,7-8H2,1-2H3,(H,19,25). The zero-order valence-corrected chi connectivity index (χ0v) is 16.9. The topological polar surface area (TPSA) is 106 Å². The summed E-state index contributed by atoms with van der Waals surface area (Å²) in [6.07, 6.45) is 0. The van der Waals surface area contributed by atoms with E-state index in [0.29, 0.717) is 29.5 Å². The number of thiazole rings is 1. The Hall–Kier alpha value is -2.69. The highest BCUT2D eigenvalue weighted by atomic mass is 32.2. The summed E-state index contributed by atoms with van der Waals surface area (Å²) < 4.78 is 5.02. The third-order valence-corrected chi connectivity index (χ3v) is 5.47. The highest BCUT2D eigenvalue weighted by Crippen LogP contribution is 2.21. The molecule has 0 spiro atoms. The van der Waals surface area contributed by atoms with Crippen LogP contribution in [0.3, 0.4) is 0 Å². The number of ether oxygens (including phenoxy) is 1. The van der Waals surface area contributed by atoms with Gasteiger partial charge in [0.05, 0.1) is 12.3 Å². The summed E-state index contributed by atoms with van der Waals surface area (Å²) in [5.74, 6) is -0.982. The molecule has 0 aliphatic heterocycles. The quantitative estimate of drug-likeness (QED) is 0.356. The first-order valence-corrected chi connectivity index (χ1v) is 10.4. The van der Waals surface area contributed by atoms with E-state index < -0.39 is 22.2 Å². The number of hydrogen-bond donors (Lipinski definition) is 1. The minimum atomic E-state index is -1.41. The fourth-order valence-corrected chi connectivity index (χ4v) is 3.46. The third kappa shape index (κ3) is 5.65. The number of anilines is 2. The first-order valence-electron chi connectivity index (χ1n) is 8.06. The van der Waals surface area contributed by atoms with Gasteiger partial charge in [-0.2, -0.15) is 0 Å². The predicted molar refractivity (Wildman–Crippen MR) is 113 cm³/mol. The molecule has 10 heteroatoms. The second-order valence-electron chi connectivity index (χ2n) is 5.51. The molecule has 0 saturated carbocycles. The number of hydrogen-bond acceptors (Lipinski definition) is 8. The van der Waals surface area contributed by atoms with Gasteiger partial charge in [0.1, 0.15) is 5.69 Å². The number of para-hydroxylation sites is 1. The van der Waals surface area contributed by atoms with Crippen LogP contribution >= 0.6 is 21.8 Å². The monoisotopic (exact) mass is 421 g/mol. The van der Waals surface area contributed by atoms with Gasteiger partial charge >= 0.3 is 0 Å². The first kappa shape index (κ1) is 21.6. The Labute approximate surface area is 168 Å². The number of methoxy groups -OCH3 is 1. The van der Waals surface area contributed by atoms with Crippen molar-refractivity contribution < 1.29 is 23.9 Å². The summed E-state index contributed by atoms with van der Waals surface area (Å²) >= 11 is 1.32. The van der Waals surface area contributed by atoms with Gasteiger partial charge in [0.2, 0.25) is 0 Å². The van der Waals surface area contributed by atoms with Crippen molar-refractivity contribution >= 4 is 60.9 Å². The Balaban J connectivity index is 2.18. The fourth-order valence-electron chi connectivity index (χ4n) is 2.13. The van der Waals surface area contributed by atoms with Gasteiger partial charge in [0.15, 0.2) is 22.2 Å². The lowest BCUT2D eigenvalue weighted by molar-refractivity contribution is 0.102. The summed E-state index contributed by atoms with van der Waals surface area (Å²) in [5.41, 5.74) is 1.49. The molecule has 1 N–H and O–H groups in total. The molecule has 2 aromatic rings. The molecular formula is C18H19N3O5S2. The van der Waals surface area contributed by atoms with Gasteiger partial charge in [-0.3, -0.25) is 19.2 Å². The smallest absolute Gasteiger partial charge is 0.275 e. The number of amides is 1. The van der Waals surface area contributed by atoms with Crippen LogP contribution in [0.15, 0.2) is 29.6 Å². The van der Waals surface area contributed by atoms with Crippen LogP contribution in [0, 0.1) is 0 Å². The van der Waals surface area contributed by atoms with Crippen molar-refractivity contribution in [3.05, 3.63) is 40.9 Å². The Bertz CT molecular complexity index is 900. The minimum Gasteiger partial charge on any atom is -0.383 e. The van der Waals surface area contributed by atoms with Gasteiger partial charge < -0.3 is 15.0 Å². The number of ketones is 1. The Kier molecular flexibility index (Phi) is 8.18. The fraction of sp³-hybridized carbons (Fsp3) is 0.222. The van der Waals surface area contributed by atoms with Gasteiger partial charge in [-0.25, -0.2) is 4.98 Å². The summed E-state index contributed by atoms with van der Waals surface area (Å²) in [6, 6.07) is 6.37. The molecule has 1 aromatic heterocycles. The number of carbonyl (C=O) groups excluding carboxylic acids is 4. The van der Waals surface area contributed by atoms with Crippen LogP contribution in [-0.2, 0) is 14.3 Å². The van der Waals surface area contributed by atoms with E-state index in [1.54, 1.807) is 30.7 Å². The maximum absolute atomic E-state index is 12.5. The largest absolute Gasteiger partial charge is 0.383 e. The lowest BCUT2D eigenvalue weighted by atomic mass is 10.1. The second kappa shape index (κ2) is 10.6. The minimum absolute atomic E-state index is 0.185. The molecule has 28 heavy (non-hydrogen) atoms. The molecule has 0 unspecified atom stereocenters. The molecule has 1 aromatic carbocycles. The number of rotatable bonds is 10. The maximum Gasteiger partial charge on any atom is 0.275 e. The molecule has 0 aliphatic carbocycles. The van der Waals surface area contributed by atoms with Gasteiger partial charge in [-0.15, -0.1) is 11.3 Å². The third-order valence-electron chi connectivity index (χ3n) is 3.59. The second-order valence-corrected chi connectivity index (χ2v) is 7.79. The molecular weight excluding hydrogens is 402 g/mol.